The van der Waals surface area contributed by atoms with Crippen LogP contribution in [0.1, 0.15) is 13.8 Å². The largest absolute Gasteiger partial charge is 0.382 e. The van der Waals surface area contributed by atoms with Crippen LogP contribution in [0.4, 0.5) is 0 Å². The quantitative estimate of drug-likeness (QED) is 0.505. The second-order valence-corrected chi connectivity index (χ2v) is 5.80. The van der Waals surface area contributed by atoms with Gasteiger partial charge in [-0.2, -0.15) is 0 Å². The van der Waals surface area contributed by atoms with Crippen molar-refractivity contribution in [2.24, 2.45) is 5.41 Å². The topological polar surface area (TPSA) is 43.0 Å². The highest BCUT2D eigenvalue weighted by molar-refractivity contribution is 4.73. The number of ether oxygens (including phenoxy) is 3. The molecule has 0 aromatic heterocycles. The summed E-state index contributed by atoms with van der Waals surface area (Å²) in [6.07, 6.45) is 0. The Bertz CT molecular complexity index is 199. The highest BCUT2D eigenvalue weighted by Crippen LogP contribution is 2.13. The Balaban J connectivity index is 3.26. The molecule has 5 nitrogen and oxygen atoms in total. The average Bonchev–Trinajstić information content (AvgIpc) is 2.30. The molecule has 0 heterocycles. The first-order valence-corrected chi connectivity index (χ1v) is 6.98. The van der Waals surface area contributed by atoms with Crippen LogP contribution in [-0.2, 0) is 14.2 Å². The van der Waals surface area contributed by atoms with Gasteiger partial charge in [-0.05, 0) is 19.5 Å². The van der Waals surface area contributed by atoms with E-state index in [0.717, 1.165) is 26.2 Å². The Morgan fingerprint density at radius 1 is 0.947 bits per heavy atom. The molecule has 0 aromatic rings. The van der Waals surface area contributed by atoms with Gasteiger partial charge < -0.3 is 24.4 Å². The van der Waals surface area contributed by atoms with Gasteiger partial charge >= 0.3 is 0 Å². The Morgan fingerprint density at radius 2 is 1.53 bits per heavy atom. The summed E-state index contributed by atoms with van der Waals surface area (Å²) in [6.45, 7) is 10.8. The fourth-order valence-electron chi connectivity index (χ4n) is 1.95. The zero-order chi connectivity index (χ0) is 14.6. The summed E-state index contributed by atoms with van der Waals surface area (Å²) < 4.78 is 15.7. The first-order chi connectivity index (χ1) is 8.98. The van der Waals surface area contributed by atoms with Crippen LogP contribution in [0, 0.1) is 5.41 Å². The molecule has 0 aromatic carbocycles. The van der Waals surface area contributed by atoms with Crippen molar-refractivity contribution in [1.29, 1.82) is 0 Å². The van der Waals surface area contributed by atoms with Crippen LogP contribution in [0.25, 0.3) is 0 Å². The maximum Gasteiger partial charge on any atom is 0.0701 e. The summed E-state index contributed by atoms with van der Waals surface area (Å²) in [4.78, 5) is 2.22. The van der Waals surface area contributed by atoms with Crippen molar-refractivity contribution in [3.8, 4) is 0 Å². The van der Waals surface area contributed by atoms with Gasteiger partial charge in [-0.15, -0.1) is 0 Å². The predicted octanol–water partition coefficient (Wildman–Crippen LogP) is 0.843. The lowest BCUT2D eigenvalue weighted by Crippen LogP contribution is -2.38. The van der Waals surface area contributed by atoms with Crippen molar-refractivity contribution < 1.29 is 14.2 Å². The van der Waals surface area contributed by atoms with E-state index in [0.29, 0.717) is 26.4 Å². The molecule has 0 aliphatic carbocycles. The van der Waals surface area contributed by atoms with E-state index in [1.54, 1.807) is 7.11 Å². The monoisotopic (exact) mass is 276 g/mol. The first kappa shape index (κ1) is 18.8. The molecule has 0 radical (unpaired) electrons. The van der Waals surface area contributed by atoms with Crippen molar-refractivity contribution in [2.75, 3.05) is 73.9 Å². The lowest BCUT2D eigenvalue weighted by molar-refractivity contribution is 0.0252. The molecule has 0 fully saturated rings. The molecule has 0 aliphatic rings. The molecule has 19 heavy (non-hydrogen) atoms. The molecular formula is C14H32N2O3. The van der Waals surface area contributed by atoms with Crippen LogP contribution in [-0.4, -0.2) is 78.8 Å². The summed E-state index contributed by atoms with van der Waals surface area (Å²) in [5.74, 6) is 0. The molecule has 0 saturated heterocycles. The molecule has 0 atom stereocenters. The van der Waals surface area contributed by atoms with E-state index in [9.17, 15) is 0 Å². The van der Waals surface area contributed by atoms with E-state index in [4.69, 9.17) is 14.2 Å². The average molecular weight is 276 g/mol. The van der Waals surface area contributed by atoms with Crippen molar-refractivity contribution in [3.63, 3.8) is 0 Å². The summed E-state index contributed by atoms with van der Waals surface area (Å²) in [5, 5.41) is 3.43. The van der Waals surface area contributed by atoms with E-state index in [2.05, 4.69) is 38.2 Å². The summed E-state index contributed by atoms with van der Waals surface area (Å²) in [5.41, 5.74) is 0.284. The van der Waals surface area contributed by atoms with E-state index in [-0.39, 0.29) is 5.41 Å². The maximum absolute atomic E-state index is 5.47. The number of hydrogen-bond donors (Lipinski definition) is 1. The van der Waals surface area contributed by atoms with Crippen LogP contribution < -0.4 is 5.32 Å². The second-order valence-electron chi connectivity index (χ2n) is 5.80. The molecule has 1 N–H and O–H groups in total. The van der Waals surface area contributed by atoms with Crippen molar-refractivity contribution >= 4 is 0 Å². The van der Waals surface area contributed by atoms with Crippen LogP contribution in [0.15, 0.2) is 0 Å². The molecule has 0 saturated carbocycles. The molecule has 5 heteroatoms. The van der Waals surface area contributed by atoms with Gasteiger partial charge in [0.25, 0.3) is 0 Å². The van der Waals surface area contributed by atoms with Gasteiger partial charge in [0.2, 0.25) is 0 Å². The minimum Gasteiger partial charge on any atom is -0.382 e. The molecule has 0 amide bonds. The summed E-state index contributed by atoms with van der Waals surface area (Å²) in [6, 6.07) is 0. The van der Waals surface area contributed by atoms with Crippen molar-refractivity contribution in [1.82, 2.24) is 10.2 Å². The Kier molecular flexibility index (Phi) is 11.5. The second kappa shape index (κ2) is 11.6. The van der Waals surface area contributed by atoms with Crippen LogP contribution in [0.5, 0.6) is 0 Å². The number of nitrogens with one attached hydrogen (secondary N) is 1. The third-order valence-electron chi connectivity index (χ3n) is 2.57. The zero-order valence-electron chi connectivity index (χ0n) is 13.3. The highest BCUT2D eigenvalue weighted by Gasteiger charge is 2.17. The summed E-state index contributed by atoms with van der Waals surface area (Å²) in [7, 11) is 5.88. The molecule has 0 unspecified atom stereocenters. The van der Waals surface area contributed by atoms with Crippen LogP contribution in [0.2, 0.25) is 0 Å². The van der Waals surface area contributed by atoms with Crippen LogP contribution in [0.3, 0.4) is 0 Å². The lowest BCUT2D eigenvalue weighted by Gasteiger charge is -2.28. The Hall–Kier alpha value is -0.200. The Labute approximate surface area is 118 Å². The smallest absolute Gasteiger partial charge is 0.0701 e. The maximum atomic E-state index is 5.47. The first-order valence-electron chi connectivity index (χ1n) is 6.98. The van der Waals surface area contributed by atoms with Gasteiger partial charge in [-0.25, -0.2) is 0 Å². The molecule has 0 aliphatic heterocycles. The van der Waals surface area contributed by atoms with E-state index >= 15 is 0 Å². The fourth-order valence-corrected chi connectivity index (χ4v) is 1.95. The fraction of sp³-hybridized carbons (Fsp3) is 1.00. The third-order valence-corrected chi connectivity index (χ3v) is 2.57. The van der Waals surface area contributed by atoms with E-state index in [1.165, 1.54) is 0 Å². The number of rotatable bonds is 13. The zero-order valence-corrected chi connectivity index (χ0v) is 13.3. The Morgan fingerprint density at radius 3 is 2.11 bits per heavy atom. The van der Waals surface area contributed by atoms with Gasteiger partial charge in [-0.1, -0.05) is 13.8 Å². The number of nitrogens with zero attached hydrogens (tertiary/aromatic N) is 1. The number of hydrogen-bond acceptors (Lipinski definition) is 5. The van der Waals surface area contributed by atoms with Gasteiger partial charge in [0.05, 0.1) is 33.0 Å². The normalized spacial score (nSPS) is 12.3. The van der Waals surface area contributed by atoms with Crippen molar-refractivity contribution in [3.05, 3.63) is 0 Å². The molecular weight excluding hydrogens is 244 g/mol. The van der Waals surface area contributed by atoms with Gasteiger partial charge in [0, 0.05) is 26.7 Å². The standard InChI is InChI=1S/C14H32N2O3/c1-14(2,13-16(3)4)12-15-6-7-18-10-11-19-9-8-17-5/h15H,6-13H2,1-5H3. The number of methoxy groups -OCH3 is 1. The van der Waals surface area contributed by atoms with Crippen molar-refractivity contribution in [2.45, 2.75) is 13.8 Å². The minimum absolute atomic E-state index is 0.284. The van der Waals surface area contributed by atoms with E-state index < -0.39 is 0 Å². The predicted molar refractivity (Wildman–Crippen MR) is 78.7 cm³/mol. The molecule has 116 valence electrons. The molecule has 0 bridgehead atoms. The van der Waals surface area contributed by atoms with Gasteiger partial charge in [-0.3, -0.25) is 0 Å². The van der Waals surface area contributed by atoms with Gasteiger partial charge in [0.15, 0.2) is 0 Å². The highest BCUT2D eigenvalue weighted by atomic mass is 16.5. The van der Waals surface area contributed by atoms with E-state index in [1.807, 2.05) is 0 Å². The van der Waals surface area contributed by atoms with Crippen LogP contribution >= 0.6 is 0 Å². The SMILES string of the molecule is COCCOCCOCCNCC(C)(C)CN(C)C. The summed E-state index contributed by atoms with van der Waals surface area (Å²) >= 11 is 0. The minimum atomic E-state index is 0.284. The lowest BCUT2D eigenvalue weighted by atomic mass is 9.93. The molecule has 0 rings (SSSR count). The molecule has 0 spiro atoms. The van der Waals surface area contributed by atoms with Gasteiger partial charge in [0.1, 0.15) is 0 Å². The third kappa shape index (κ3) is 14.0.